The van der Waals surface area contributed by atoms with Crippen LogP contribution in [0.5, 0.6) is 0 Å². The molecular weight excluding hydrogens is 248 g/mol. The highest BCUT2D eigenvalue weighted by molar-refractivity contribution is 6.30. The SMILES string of the molecule is O=C(CCl)c1ccc(C(=O)c2ccccc2)cc1. The standard InChI is InChI=1S/C15H11ClO2/c16-10-14(17)11-6-8-13(9-7-11)15(18)12-4-2-1-3-5-12/h1-9H,10H2. The zero-order chi connectivity index (χ0) is 13.0. The van der Waals surface area contributed by atoms with Crippen LogP contribution >= 0.6 is 11.6 Å². The molecule has 2 aromatic rings. The molecule has 0 radical (unpaired) electrons. The maximum Gasteiger partial charge on any atom is 0.193 e. The van der Waals surface area contributed by atoms with E-state index in [-0.39, 0.29) is 17.4 Å². The lowest BCUT2D eigenvalue weighted by Gasteiger charge is -2.02. The van der Waals surface area contributed by atoms with Crippen molar-refractivity contribution in [3.63, 3.8) is 0 Å². The Labute approximate surface area is 110 Å². The summed E-state index contributed by atoms with van der Waals surface area (Å²) in [7, 11) is 0. The highest BCUT2D eigenvalue weighted by Crippen LogP contribution is 2.11. The summed E-state index contributed by atoms with van der Waals surface area (Å²) in [4.78, 5) is 23.4. The van der Waals surface area contributed by atoms with E-state index >= 15 is 0 Å². The van der Waals surface area contributed by atoms with E-state index in [2.05, 4.69) is 0 Å². The van der Waals surface area contributed by atoms with Crippen molar-refractivity contribution in [1.82, 2.24) is 0 Å². The Morgan fingerprint density at radius 2 is 1.28 bits per heavy atom. The van der Waals surface area contributed by atoms with Crippen molar-refractivity contribution in [2.75, 3.05) is 5.88 Å². The predicted octanol–water partition coefficient (Wildman–Crippen LogP) is 3.34. The second kappa shape index (κ2) is 5.61. The zero-order valence-corrected chi connectivity index (χ0v) is 10.4. The van der Waals surface area contributed by atoms with Gasteiger partial charge in [-0.1, -0.05) is 54.6 Å². The third-order valence-electron chi connectivity index (χ3n) is 2.63. The van der Waals surface area contributed by atoms with Crippen LogP contribution in [-0.4, -0.2) is 17.4 Å². The molecule has 18 heavy (non-hydrogen) atoms. The lowest BCUT2D eigenvalue weighted by Crippen LogP contribution is -2.03. The van der Waals surface area contributed by atoms with E-state index in [0.717, 1.165) is 0 Å². The summed E-state index contributed by atoms with van der Waals surface area (Å²) in [5, 5.41) is 0. The lowest BCUT2D eigenvalue weighted by molar-refractivity contribution is 0.101. The van der Waals surface area contributed by atoms with Gasteiger partial charge >= 0.3 is 0 Å². The van der Waals surface area contributed by atoms with Crippen molar-refractivity contribution in [3.05, 3.63) is 71.3 Å². The molecule has 2 rings (SSSR count). The summed E-state index contributed by atoms with van der Waals surface area (Å²) in [6, 6.07) is 15.6. The van der Waals surface area contributed by atoms with Crippen LogP contribution in [0.15, 0.2) is 54.6 Å². The third-order valence-corrected chi connectivity index (χ3v) is 2.87. The molecule has 0 spiro atoms. The van der Waals surface area contributed by atoms with Crippen LogP contribution in [0.25, 0.3) is 0 Å². The second-order valence-electron chi connectivity index (χ2n) is 3.83. The molecule has 0 aliphatic carbocycles. The van der Waals surface area contributed by atoms with Gasteiger partial charge in [0.15, 0.2) is 11.6 Å². The molecule has 0 saturated heterocycles. The van der Waals surface area contributed by atoms with E-state index in [1.165, 1.54) is 0 Å². The Hall–Kier alpha value is -1.93. The number of halogens is 1. The number of carbonyl (C=O) groups is 2. The summed E-state index contributed by atoms with van der Waals surface area (Å²) in [5.74, 6) is -0.248. The van der Waals surface area contributed by atoms with Gasteiger partial charge in [0, 0.05) is 16.7 Å². The monoisotopic (exact) mass is 258 g/mol. The van der Waals surface area contributed by atoms with Crippen molar-refractivity contribution < 1.29 is 9.59 Å². The topological polar surface area (TPSA) is 34.1 Å². The van der Waals surface area contributed by atoms with E-state index < -0.39 is 0 Å². The third kappa shape index (κ3) is 2.66. The number of benzene rings is 2. The minimum atomic E-state index is -0.143. The molecule has 0 aliphatic rings. The average molecular weight is 259 g/mol. The molecule has 0 bridgehead atoms. The molecule has 2 aromatic carbocycles. The molecule has 0 atom stereocenters. The molecule has 90 valence electrons. The van der Waals surface area contributed by atoms with E-state index in [1.54, 1.807) is 36.4 Å². The van der Waals surface area contributed by atoms with E-state index in [4.69, 9.17) is 11.6 Å². The smallest absolute Gasteiger partial charge is 0.193 e. The van der Waals surface area contributed by atoms with Gasteiger partial charge in [-0.2, -0.15) is 0 Å². The van der Waals surface area contributed by atoms with Crippen LogP contribution in [-0.2, 0) is 0 Å². The lowest BCUT2D eigenvalue weighted by atomic mass is 10.0. The fourth-order valence-electron chi connectivity index (χ4n) is 1.64. The Bertz CT molecular complexity index is 559. The summed E-state index contributed by atoms with van der Waals surface area (Å²) in [6.07, 6.45) is 0. The first-order valence-electron chi connectivity index (χ1n) is 5.51. The van der Waals surface area contributed by atoms with E-state index in [0.29, 0.717) is 16.7 Å². The number of Topliss-reactive ketones (excluding diaryl/α,β-unsaturated/α-hetero) is 1. The minimum Gasteiger partial charge on any atom is -0.293 e. The molecule has 0 amide bonds. The van der Waals surface area contributed by atoms with Gasteiger partial charge in [0.2, 0.25) is 0 Å². The van der Waals surface area contributed by atoms with Gasteiger partial charge in [0.1, 0.15) is 0 Å². The maximum atomic E-state index is 12.1. The molecule has 0 unspecified atom stereocenters. The Morgan fingerprint density at radius 1 is 0.778 bits per heavy atom. The fourth-order valence-corrected chi connectivity index (χ4v) is 1.80. The first-order valence-corrected chi connectivity index (χ1v) is 6.05. The zero-order valence-electron chi connectivity index (χ0n) is 9.60. The molecule has 0 aliphatic heterocycles. The molecule has 0 aromatic heterocycles. The Balaban J connectivity index is 2.25. The molecule has 0 fully saturated rings. The average Bonchev–Trinajstić information content (AvgIpc) is 2.47. The Morgan fingerprint density at radius 3 is 1.83 bits per heavy atom. The maximum absolute atomic E-state index is 12.1. The van der Waals surface area contributed by atoms with Crippen molar-refractivity contribution in [3.8, 4) is 0 Å². The van der Waals surface area contributed by atoms with Gasteiger partial charge in [0.25, 0.3) is 0 Å². The van der Waals surface area contributed by atoms with Crippen LogP contribution in [0.4, 0.5) is 0 Å². The van der Waals surface area contributed by atoms with Gasteiger partial charge < -0.3 is 0 Å². The van der Waals surface area contributed by atoms with Crippen molar-refractivity contribution in [1.29, 1.82) is 0 Å². The molecule has 0 heterocycles. The van der Waals surface area contributed by atoms with Crippen LogP contribution in [0.3, 0.4) is 0 Å². The normalized spacial score (nSPS) is 10.1. The highest BCUT2D eigenvalue weighted by atomic mass is 35.5. The summed E-state index contributed by atoms with van der Waals surface area (Å²) in [5.41, 5.74) is 1.72. The van der Waals surface area contributed by atoms with Crippen molar-refractivity contribution in [2.24, 2.45) is 0 Å². The second-order valence-corrected chi connectivity index (χ2v) is 4.10. The van der Waals surface area contributed by atoms with E-state index in [9.17, 15) is 9.59 Å². The van der Waals surface area contributed by atoms with Crippen LogP contribution < -0.4 is 0 Å². The summed E-state index contributed by atoms with van der Waals surface area (Å²) >= 11 is 5.47. The first-order chi connectivity index (χ1) is 8.72. The number of ketones is 2. The van der Waals surface area contributed by atoms with Crippen LogP contribution in [0, 0.1) is 0 Å². The fraction of sp³-hybridized carbons (Fsp3) is 0.0667. The number of hydrogen-bond donors (Lipinski definition) is 0. The molecule has 3 heteroatoms. The largest absolute Gasteiger partial charge is 0.293 e. The molecule has 0 N–H and O–H groups in total. The van der Waals surface area contributed by atoms with Gasteiger partial charge in [0.05, 0.1) is 5.88 Å². The van der Waals surface area contributed by atoms with Crippen LogP contribution in [0.2, 0.25) is 0 Å². The van der Waals surface area contributed by atoms with Gasteiger partial charge in [-0.25, -0.2) is 0 Å². The molecule has 0 saturated carbocycles. The number of alkyl halides is 1. The Kier molecular flexibility index (Phi) is 3.90. The number of hydrogen-bond acceptors (Lipinski definition) is 2. The van der Waals surface area contributed by atoms with Crippen molar-refractivity contribution >= 4 is 23.2 Å². The summed E-state index contributed by atoms with van der Waals surface area (Å²) in [6.45, 7) is 0. The number of carbonyl (C=O) groups excluding carboxylic acids is 2. The quantitative estimate of drug-likeness (QED) is 0.623. The minimum absolute atomic E-state index is 0.0496. The summed E-state index contributed by atoms with van der Waals surface area (Å²) < 4.78 is 0. The van der Waals surface area contributed by atoms with Gasteiger partial charge in [-0.05, 0) is 0 Å². The highest BCUT2D eigenvalue weighted by Gasteiger charge is 2.09. The first kappa shape index (κ1) is 12.5. The van der Waals surface area contributed by atoms with Crippen LogP contribution in [0.1, 0.15) is 26.3 Å². The van der Waals surface area contributed by atoms with E-state index in [1.807, 2.05) is 18.2 Å². The van der Waals surface area contributed by atoms with Gasteiger partial charge in [-0.15, -0.1) is 11.6 Å². The number of rotatable bonds is 4. The molecular formula is C15H11ClO2. The molecule has 2 nitrogen and oxygen atoms in total. The predicted molar refractivity (Wildman–Crippen MR) is 71.4 cm³/mol. The van der Waals surface area contributed by atoms with Crippen molar-refractivity contribution in [2.45, 2.75) is 0 Å². The van der Waals surface area contributed by atoms with Gasteiger partial charge in [-0.3, -0.25) is 9.59 Å².